The van der Waals surface area contributed by atoms with E-state index < -0.39 is 0 Å². The van der Waals surface area contributed by atoms with Crippen molar-refractivity contribution in [2.75, 3.05) is 19.8 Å². The SMILES string of the molecule is CCOc1cc(Br)c(CNCC(C)C)cc1OCC. The quantitative estimate of drug-likeness (QED) is 0.782. The van der Waals surface area contributed by atoms with E-state index in [4.69, 9.17) is 9.47 Å². The van der Waals surface area contributed by atoms with Crippen LogP contribution in [0.3, 0.4) is 0 Å². The van der Waals surface area contributed by atoms with Gasteiger partial charge in [0.05, 0.1) is 13.2 Å². The highest BCUT2D eigenvalue weighted by Gasteiger charge is 2.10. The molecule has 0 fully saturated rings. The third kappa shape index (κ3) is 5.41. The van der Waals surface area contributed by atoms with Gasteiger partial charge < -0.3 is 14.8 Å². The van der Waals surface area contributed by atoms with Gasteiger partial charge >= 0.3 is 0 Å². The fourth-order valence-electron chi connectivity index (χ4n) is 1.74. The van der Waals surface area contributed by atoms with Crippen LogP contribution in [0.2, 0.25) is 0 Å². The largest absolute Gasteiger partial charge is 0.490 e. The van der Waals surface area contributed by atoms with E-state index in [-0.39, 0.29) is 0 Å². The van der Waals surface area contributed by atoms with Crippen molar-refractivity contribution in [2.24, 2.45) is 5.92 Å². The van der Waals surface area contributed by atoms with Gasteiger partial charge in [-0.2, -0.15) is 0 Å². The van der Waals surface area contributed by atoms with Gasteiger partial charge in [-0.15, -0.1) is 0 Å². The molecule has 0 aliphatic heterocycles. The van der Waals surface area contributed by atoms with Gasteiger partial charge in [-0.3, -0.25) is 0 Å². The van der Waals surface area contributed by atoms with E-state index in [9.17, 15) is 0 Å². The molecule has 1 aromatic rings. The second-order valence-corrected chi connectivity index (χ2v) is 5.64. The number of hydrogen-bond donors (Lipinski definition) is 1. The summed E-state index contributed by atoms with van der Waals surface area (Å²) in [5.41, 5.74) is 1.19. The predicted molar refractivity (Wildman–Crippen MR) is 83.0 cm³/mol. The molecule has 108 valence electrons. The number of benzene rings is 1. The first-order valence-corrected chi connectivity index (χ1v) is 7.66. The molecular formula is C15H24BrNO2. The molecule has 1 rings (SSSR count). The number of rotatable bonds is 8. The van der Waals surface area contributed by atoms with E-state index in [0.717, 1.165) is 29.1 Å². The van der Waals surface area contributed by atoms with Crippen molar-refractivity contribution in [2.45, 2.75) is 34.2 Å². The zero-order chi connectivity index (χ0) is 14.3. The van der Waals surface area contributed by atoms with Crippen LogP contribution in [0.1, 0.15) is 33.3 Å². The molecule has 0 unspecified atom stereocenters. The molecule has 4 heteroatoms. The molecule has 0 atom stereocenters. The molecule has 1 N–H and O–H groups in total. The number of ether oxygens (including phenoxy) is 2. The molecular weight excluding hydrogens is 306 g/mol. The third-order valence-electron chi connectivity index (χ3n) is 2.58. The summed E-state index contributed by atoms with van der Waals surface area (Å²) in [6.45, 7) is 11.5. The average Bonchev–Trinajstić information content (AvgIpc) is 2.34. The van der Waals surface area contributed by atoms with E-state index in [2.05, 4.69) is 35.1 Å². The van der Waals surface area contributed by atoms with Gasteiger partial charge in [-0.05, 0) is 44.0 Å². The third-order valence-corrected chi connectivity index (χ3v) is 3.32. The van der Waals surface area contributed by atoms with E-state index in [1.54, 1.807) is 0 Å². The smallest absolute Gasteiger partial charge is 0.162 e. The second-order valence-electron chi connectivity index (χ2n) is 4.78. The number of nitrogens with one attached hydrogen (secondary N) is 1. The van der Waals surface area contributed by atoms with Crippen molar-refractivity contribution >= 4 is 15.9 Å². The summed E-state index contributed by atoms with van der Waals surface area (Å²) in [5.74, 6) is 2.26. The molecule has 0 aliphatic rings. The summed E-state index contributed by atoms with van der Waals surface area (Å²) in [6, 6.07) is 4.03. The topological polar surface area (TPSA) is 30.5 Å². The Labute approximate surface area is 124 Å². The van der Waals surface area contributed by atoms with E-state index >= 15 is 0 Å². The minimum Gasteiger partial charge on any atom is -0.490 e. The van der Waals surface area contributed by atoms with Crippen LogP contribution in [-0.2, 0) is 6.54 Å². The van der Waals surface area contributed by atoms with Crippen LogP contribution in [-0.4, -0.2) is 19.8 Å². The maximum atomic E-state index is 5.64. The molecule has 0 spiro atoms. The first kappa shape index (κ1) is 16.3. The van der Waals surface area contributed by atoms with Crippen LogP contribution in [0.4, 0.5) is 0 Å². The molecule has 0 saturated heterocycles. The molecule has 0 heterocycles. The van der Waals surface area contributed by atoms with Gasteiger partial charge in [-0.25, -0.2) is 0 Å². The van der Waals surface area contributed by atoms with Crippen LogP contribution >= 0.6 is 15.9 Å². The lowest BCUT2D eigenvalue weighted by atomic mass is 10.1. The van der Waals surface area contributed by atoms with Crippen molar-refractivity contribution in [3.05, 3.63) is 22.2 Å². The van der Waals surface area contributed by atoms with Crippen molar-refractivity contribution in [1.82, 2.24) is 5.32 Å². The Balaban J connectivity index is 2.83. The number of hydrogen-bond acceptors (Lipinski definition) is 3. The van der Waals surface area contributed by atoms with Gasteiger partial charge in [0.2, 0.25) is 0 Å². The Kier molecular flexibility index (Phi) is 7.24. The average molecular weight is 330 g/mol. The molecule has 0 bridgehead atoms. The van der Waals surface area contributed by atoms with Crippen LogP contribution in [0, 0.1) is 5.92 Å². The monoisotopic (exact) mass is 329 g/mol. The molecule has 0 amide bonds. The predicted octanol–water partition coefficient (Wildman–Crippen LogP) is 3.99. The molecule has 19 heavy (non-hydrogen) atoms. The van der Waals surface area contributed by atoms with Crippen molar-refractivity contribution in [3.8, 4) is 11.5 Å². The molecule has 0 aromatic heterocycles. The first-order chi connectivity index (χ1) is 9.08. The Morgan fingerprint density at radius 1 is 1.11 bits per heavy atom. The summed E-state index contributed by atoms with van der Waals surface area (Å²) in [7, 11) is 0. The lowest BCUT2D eigenvalue weighted by Crippen LogP contribution is -2.19. The lowest BCUT2D eigenvalue weighted by molar-refractivity contribution is 0.287. The Hall–Kier alpha value is -0.740. The van der Waals surface area contributed by atoms with Crippen LogP contribution in [0.5, 0.6) is 11.5 Å². The zero-order valence-corrected chi connectivity index (χ0v) is 13.8. The van der Waals surface area contributed by atoms with Crippen molar-refractivity contribution in [3.63, 3.8) is 0 Å². The van der Waals surface area contributed by atoms with E-state index in [1.165, 1.54) is 5.56 Å². The van der Waals surface area contributed by atoms with Gasteiger partial charge in [-0.1, -0.05) is 29.8 Å². The van der Waals surface area contributed by atoms with Gasteiger partial charge in [0.15, 0.2) is 11.5 Å². The minimum atomic E-state index is 0.636. The molecule has 0 radical (unpaired) electrons. The Morgan fingerprint density at radius 2 is 1.68 bits per heavy atom. The van der Waals surface area contributed by atoms with Gasteiger partial charge in [0.25, 0.3) is 0 Å². The molecule has 0 saturated carbocycles. The van der Waals surface area contributed by atoms with Crippen molar-refractivity contribution < 1.29 is 9.47 Å². The highest BCUT2D eigenvalue weighted by atomic mass is 79.9. The molecule has 0 aliphatic carbocycles. The van der Waals surface area contributed by atoms with Gasteiger partial charge in [0, 0.05) is 11.0 Å². The van der Waals surface area contributed by atoms with Crippen LogP contribution < -0.4 is 14.8 Å². The normalized spacial score (nSPS) is 10.8. The fourth-order valence-corrected chi connectivity index (χ4v) is 2.21. The highest BCUT2D eigenvalue weighted by Crippen LogP contribution is 2.33. The van der Waals surface area contributed by atoms with E-state index in [0.29, 0.717) is 19.1 Å². The number of halogens is 1. The Morgan fingerprint density at radius 3 is 2.21 bits per heavy atom. The Bertz CT molecular complexity index is 394. The second kappa shape index (κ2) is 8.43. The molecule has 1 aromatic carbocycles. The summed E-state index contributed by atoms with van der Waals surface area (Å²) >= 11 is 3.59. The zero-order valence-electron chi connectivity index (χ0n) is 12.3. The van der Waals surface area contributed by atoms with E-state index in [1.807, 2.05) is 26.0 Å². The maximum Gasteiger partial charge on any atom is 0.162 e. The summed E-state index contributed by atoms with van der Waals surface area (Å²) in [4.78, 5) is 0. The summed E-state index contributed by atoms with van der Waals surface area (Å²) in [6.07, 6.45) is 0. The minimum absolute atomic E-state index is 0.636. The van der Waals surface area contributed by atoms with Crippen molar-refractivity contribution in [1.29, 1.82) is 0 Å². The molecule has 3 nitrogen and oxygen atoms in total. The van der Waals surface area contributed by atoms with Crippen LogP contribution in [0.25, 0.3) is 0 Å². The standard InChI is InChI=1S/C15H24BrNO2/c1-5-18-14-7-12(10-17-9-11(3)4)13(16)8-15(14)19-6-2/h7-8,11,17H,5-6,9-10H2,1-4H3. The van der Waals surface area contributed by atoms with Gasteiger partial charge in [0.1, 0.15) is 0 Å². The maximum absolute atomic E-state index is 5.64. The highest BCUT2D eigenvalue weighted by molar-refractivity contribution is 9.10. The fraction of sp³-hybridized carbons (Fsp3) is 0.600. The first-order valence-electron chi connectivity index (χ1n) is 6.87. The van der Waals surface area contributed by atoms with Crippen LogP contribution in [0.15, 0.2) is 16.6 Å². The lowest BCUT2D eigenvalue weighted by Gasteiger charge is -2.15. The summed E-state index contributed by atoms with van der Waals surface area (Å²) < 4.78 is 12.3. The summed E-state index contributed by atoms with van der Waals surface area (Å²) in [5, 5.41) is 3.44.